The number of H-pyrrole nitrogens is 1. The van der Waals surface area contributed by atoms with E-state index in [4.69, 9.17) is 0 Å². The van der Waals surface area contributed by atoms with Gasteiger partial charge in [-0.1, -0.05) is 24.3 Å². The highest BCUT2D eigenvalue weighted by atomic mass is 15.2. The first-order chi connectivity index (χ1) is 13.1. The number of nitrogens with zero attached hydrogens (tertiary/aromatic N) is 2. The molecule has 142 valence electrons. The van der Waals surface area contributed by atoms with Crippen molar-refractivity contribution in [2.24, 2.45) is 4.99 Å². The molecule has 0 amide bonds. The molecule has 0 saturated carbocycles. The van der Waals surface area contributed by atoms with Gasteiger partial charge in [-0.25, -0.2) is 0 Å². The Hall–Kier alpha value is -2.95. The van der Waals surface area contributed by atoms with Crippen LogP contribution in [-0.4, -0.2) is 38.6 Å². The summed E-state index contributed by atoms with van der Waals surface area (Å²) in [6, 6.07) is 14.9. The molecule has 3 aromatic rings. The molecule has 2 aromatic carbocycles. The molecule has 0 aliphatic heterocycles. The third kappa shape index (κ3) is 4.61. The minimum Gasteiger partial charge on any atom is -0.378 e. The highest BCUT2D eigenvalue weighted by molar-refractivity contribution is 5.83. The lowest BCUT2D eigenvalue weighted by Gasteiger charge is -2.16. The van der Waals surface area contributed by atoms with Crippen molar-refractivity contribution in [2.45, 2.75) is 19.9 Å². The second-order valence-electron chi connectivity index (χ2n) is 6.97. The summed E-state index contributed by atoms with van der Waals surface area (Å²) in [6.45, 7) is 3.74. The molecule has 5 heteroatoms. The summed E-state index contributed by atoms with van der Waals surface area (Å²) in [5.74, 6) is 0.825. The Morgan fingerprint density at radius 2 is 1.89 bits per heavy atom. The number of nitrogens with one attached hydrogen (secondary N) is 3. The Balaban J connectivity index is 1.52. The molecule has 3 rings (SSSR count). The number of anilines is 1. The van der Waals surface area contributed by atoms with E-state index in [-0.39, 0.29) is 0 Å². The Bertz CT molecular complexity index is 923. The molecule has 0 radical (unpaired) electrons. The number of para-hydroxylation sites is 1. The maximum Gasteiger partial charge on any atom is 0.191 e. The average molecular weight is 364 g/mol. The van der Waals surface area contributed by atoms with E-state index in [1.807, 2.05) is 7.05 Å². The Kier molecular flexibility index (Phi) is 6.01. The van der Waals surface area contributed by atoms with E-state index in [0.717, 1.165) is 25.5 Å². The van der Waals surface area contributed by atoms with Gasteiger partial charge in [0.05, 0.1) is 0 Å². The van der Waals surface area contributed by atoms with Crippen molar-refractivity contribution in [1.82, 2.24) is 15.6 Å². The molecule has 1 heterocycles. The van der Waals surface area contributed by atoms with Crippen LogP contribution < -0.4 is 15.5 Å². The molecule has 0 aliphatic rings. The van der Waals surface area contributed by atoms with Crippen LogP contribution in [0.15, 0.2) is 53.7 Å². The van der Waals surface area contributed by atoms with Crippen LogP contribution in [0.1, 0.15) is 16.7 Å². The van der Waals surface area contributed by atoms with E-state index >= 15 is 0 Å². The number of rotatable bonds is 6. The standard InChI is InChI=1S/C22H29N5/c1-16-13-19(27(3)4)10-9-17(16)14-26-22(23-2)24-12-11-18-15-25-21-8-6-5-7-20(18)21/h5-10,13,15,25H,11-12,14H2,1-4H3,(H2,23,24,26). The molecule has 0 saturated heterocycles. The van der Waals surface area contributed by atoms with Gasteiger partial charge in [0.25, 0.3) is 0 Å². The number of hydrogen-bond acceptors (Lipinski definition) is 2. The highest BCUT2D eigenvalue weighted by Crippen LogP contribution is 2.18. The number of guanidine groups is 1. The first-order valence-corrected chi connectivity index (χ1v) is 9.35. The van der Waals surface area contributed by atoms with Gasteiger partial charge < -0.3 is 20.5 Å². The van der Waals surface area contributed by atoms with Crippen LogP contribution in [0.3, 0.4) is 0 Å². The van der Waals surface area contributed by atoms with Gasteiger partial charge in [0.1, 0.15) is 0 Å². The molecule has 1 aromatic heterocycles. The quantitative estimate of drug-likeness (QED) is 0.464. The first kappa shape index (κ1) is 18.8. The molecule has 27 heavy (non-hydrogen) atoms. The van der Waals surface area contributed by atoms with E-state index in [9.17, 15) is 0 Å². The smallest absolute Gasteiger partial charge is 0.191 e. The fourth-order valence-corrected chi connectivity index (χ4v) is 3.21. The summed E-state index contributed by atoms with van der Waals surface area (Å²) in [6.07, 6.45) is 3.04. The van der Waals surface area contributed by atoms with Crippen LogP contribution >= 0.6 is 0 Å². The maximum absolute atomic E-state index is 4.34. The lowest BCUT2D eigenvalue weighted by atomic mass is 10.1. The predicted octanol–water partition coefficient (Wildman–Crippen LogP) is 3.45. The van der Waals surface area contributed by atoms with Crippen LogP contribution in [-0.2, 0) is 13.0 Å². The van der Waals surface area contributed by atoms with Crippen molar-refractivity contribution >= 4 is 22.5 Å². The Morgan fingerprint density at radius 1 is 1.07 bits per heavy atom. The number of aliphatic imine (C=N–C) groups is 1. The van der Waals surface area contributed by atoms with Crippen molar-refractivity contribution in [3.8, 4) is 0 Å². The minimum atomic E-state index is 0.756. The van der Waals surface area contributed by atoms with Crippen molar-refractivity contribution in [2.75, 3.05) is 32.6 Å². The van der Waals surface area contributed by atoms with Gasteiger partial charge in [-0.15, -0.1) is 0 Å². The van der Waals surface area contributed by atoms with Gasteiger partial charge in [-0.05, 0) is 48.2 Å². The van der Waals surface area contributed by atoms with E-state index in [1.54, 1.807) is 0 Å². The molecule has 0 fully saturated rings. The zero-order valence-electron chi connectivity index (χ0n) is 16.6. The summed E-state index contributed by atoms with van der Waals surface area (Å²) in [7, 11) is 5.93. The van der Waals surface area contributed by atoms with Crippen LogP contribution in [0.4, 0.5) is 5.69 Å². The first-order valence-electron chi connectivity index (χ1n) is 9.35. The molecule has 0 atom stereocenters. The normalized spacial score (nSPS) is 11.6. The van der Waals surface area contributed by atoms with Gasteiger partial charge in [0.15, 0.2) is 5.96 Å². The van der Waals surface area contributed by atoms with Crippen LogP contribution in [0.2, 0.25) is 0 Å². The summed E-state index contributed by atoms with van der Waals surface area (Å²) in [5.41, 5.74) is 6.29. The topological polar surface area (TPSA) is 55.5 Å². The van der Waals surface area contributed by atoms with Crippen molar-refractivity contribution in [3.63, 3.8) is 0 Å². The average Bonchev–Trinajstić information content (AvgIpc) is 3.08. The van der Waals surface area contributed by atoms with Crippen LogP contribution in [0, 0.1) is 6.92 Å². The van der Waals surface area contributed by atoms with E-state index < -0.39 is 0 Å². The fraction of sp³-hybridized carbons (Fsp3) is 0.318. The Labute approximate surface area is 161 Å². The van der Waals surface area contributed by atoms with E-state index in [0.29, 0.717) is 0 Å². The number of benzene rings is 2. The third-order valence-electron chi connectivity index (χ3n) is 4.87. The summed E-state index contributed by atoms with van der Waals surface area (Å²) in [4.78, 5) is 9.79. The van der Waals surface area contributed by atoms with Crippen LogP contribution in [0.25, 0.3) is 10.9 Å². The summed E-state index contributed by atoms with van der Waals surface area (Å²) >= 11 is 0. The molecule has 5 nitrogen and oxygen atoms in total. The van der Waals surface area contributed by atoms with Gasteiger partial charge in [-0.3, -0.25) is 4.99 Å². The zero-order valence-corrected chi connectivity index (χ0v) is 16.6. The van der Waals surface area contributed by atoms with Crippen LogP contribution in [0.5, 0.6) is 0 Å². The predicted molar refractivity (Wildman–Crippen MR) is 116 cm³/mol. The number of aromatic nitrogens is 1. The van der Waals surface area contributed by atoms with Gasteiger partial charge >= 0.3 is 0 Å². The maximum atomic E-state index is 4.34. The Morgan fingerprint density at radius 3 is 2.63 bits per heavy atom. The molecule has 0 aliphatic carbocycles. The molecule has 0 spiro atoms. The number of aryl methyl sites for hydroxylation is 1. The second kappa shape index (κ2) is 8.62. The van der Waals surface area contributed by atoms with Gasteiger partial charge in [-0.2, -0.15) is 0 Å². The molecule has 3 N–H and O–H groups in total. The lowest BCUT2D eigenvalue weighted by molar-refractivity contribution is 0.794. The minimum absolute atomic E-state index is 0.756. The largest absolute Gasteiger partial charge is 0.378 e. The van der Waals surface area contributed by atoms with Crippen molar-refractivity contribution in [3.05, 3.63) is 65.4 Å². The third-order valence-corrected chi connectivity index (χ3v) is 4.87. The molecular formula is C22H29N5. The molecule has 0 unspecified atom stereocenters. The summed E-state index contributed by atoms with van der Waals surface area (Å²) in [5, 5.41) is 8.11. The van der Waals surface area contributed by atoms with Gasteiger partial charge in [0.2, 0.25) is 0 Å². The number of fused-ring (bicyclic) bond motifs is 1. The summed E-state index contributed by atoms with van der Waals surface area (Å²) < 4.78 is 0. The zero-order chi connectivity index (χ0) is 19.2. The van der Waals surface area contributed by atoms with Crippen molar-refractivity contribution < 1.29 is 0 Å². The lowest BCUT2D eigenvalue weighted by Crippen LogP contribution is -2.38. The fourth-order valence-electron chi connectivity index (χ4n) is 3.21. The van der Waals surface area contributed by atoms with E-state index in [2.05, 4.69) is 95.2 Å². The highest BCUT2D eigenvalue weighted by Gasteiger charge is 2.05. The monoisotopic (exact) mass is 363 g/mol. The second-order valence-corrected chi connectivity index (χ2v) is 6.97. The number of aromatic amines is 1. The molecular weight excluding hydrogens is 334 g/mol. The SMILES string of the molecule is CN=C(NCCc1c[nH]c2ccccc12)NCc1ccc(N(C)C)cc1C. The van der Waals surface area contributed by atoms with Gasteiger partial charge in [0, 0.05) is 57.0 Å². The number of hydrogen-bond donors (Lipinski definition) is 3. The molecule has 0 bridgehead atoms. The van der Waals surface area contributed by atoms with E-state index in [1.165, 1.54) is 33.3 Å². The van der Waals surface area contributed by atoms with Crippen molar-refractivity contribution in [1.29, 1.82) is 0 Å².